The molecule has 0 unspecified atom stereocenters. The van der Waals surface area contributed by atoms with E-state index in [1.165, 1.54) is 6.26 Å². The Morgan fingerprint density at radius 3 is 2.56 bits per heavy atom. The van der Waals surface area contributed by atoms with E-state index in [-0.39, 0.29) is 0 Å². The predicted molar refractivity (Wildman–Crippen MR) is 35.6 cm³/mol. The van der Waals surface area contributed by atoms with Gasteiger partial charge < -0.3 is 4.74 Å². The summed E-state index contributed by atoms with van der Waals surface area (Å²) in [5.41, 5.74) is 0. The third-order valence-corrected chi connectivity index (χ3v) is 0.571. The summed E-state index contributed by atoms with van der Waals surface area (Å²) in [5, 5.41) is 0. The van der Waals surface area contributed by atoms with E-state index in [1.807, 2.05) is 0 Å². The Kier molecular flexibility index (Phi) is 5.72. The van der Waals surface area contributed by atoms with Crippen LogP contribution in [0.2, 0.25) is 0 Å². The fourth-order valence-corrected chi connectivity index (χ4v) is 0.266. The molecule has 9 heavy (non-hydrogen) atoms. The summed E-state index contributed by atoms with van der Waals surface area (Å²) in [7, 11) is 0. The van der Waals surface area contributed by atoms with E-state index in [4.69, 9.17) is 0 Å². The molecule has 0 saturated heterocycles. The van der Waals surface area contributed by atoms with Gasteiger partial charge in [-0.05, 0) is 6.08 Å². The van der Waals surface area contributed by atoms with Gasteiger partial charge in [-0.1, -0.05) is 24.8 Å². The Bertz CT molecular complexity index is 134. The maximum atomic E-state index is 9.52. The fraction of sp³-hybridized carbons (Fsp3) is 0. The van der Waals surface area contributed by atoms with Gasteiger partial charge in [0.05, 0.1) is 6.26 Å². The molecule has 0 N–H and O–H groups in total. The lowest BCUT2D eigenvalue weighted by Crippen LogP contribution is -1.69. The Morgan fingerprint density at radius 1 is 1.22 bits per heavy atom. The van der Waals surface area contributed by atoms with E-state index in [1.54, 1.807) is 24.3 Å². The van der Waals surface area contributed by atoms with Gasteiger partial charge in [-0.3, -0.25) is 4.79 Å². The molecule has 0 atom stereocenters. The summed E-state index contributed by atoms with van der Waals surface area (Å²) in [6.07, 6.45) is 7.94. The molecule has 0 aromatic rings. The summed E-state index contributed by atoms with van der Waals surface area (Å²) < 4.78 is 4.23. The van der Waals surface area contributed by atoms with Crippen LogP contribution in [0.25, 0.3) is 0 Å². The Morgan fingerprint density at radius 2 is 2.00 bits per heavy atom. The van der Waals surface area contributed by atoms with Crippen molar-refractivity contribution >= 4 is 6.47 Å². The molecule has 0 aliphatic carbocycles. The highest BCUT2D eigenvalue weighted by atomic mass is 16.5. The zero-order valence-corrected chi connectivity index (χ0v) is 4.99. The number of hydrogen-bond acceptors (Lipinski definition) is 2. The maximum absolute atomic E-state index is 9.52. The maximum Gasteiger partial charge on any atom is 0.297 e. The van der Waals surface area contributed by atoms with Gasteiger partial charge in [0, 0.05) is 0 Å². The lowest BCUT2D eigenvalue weighted by atomic mass is 10.5. The molecule has 0 aromatic carbocycles. The normalized spacial score (nSPS) is 10.2. The lowest BCUT2D eigenvalue weighted by molar-refractivity contribution is -0.123. The molecule has 0 radical (unpaired) electrons. The average molecular weight is 124 g/mol. The van der Waals surface area contributed by atoms with Crippen molar-refractivity contribution in [3.8, 4) is 0 Å². The first-order valence-corrected chi connectivity index (χ1v) is 2.45. The second kappa shape index (κ2) is 6.69. The molecular formula is C7H8O2. The minimum Gasteiger partial charge on any atom is -0.437 e. The van der Waals surface area contributed by atoms with Crippen molar-refractivity contribution in [2.24, 2.45) is 0 Å². The van der Waals surface area contributed by atoms with Gasteiger partial charge >= 0.3 is 0 Å². The van der Waals surface area contributed by atoms with Crippen molar-refractivity contribution in [2.75, 3.05) is 0 Å². The van der Waals surface area contributed by atoms with E-state index in [0.717, 1.165) is 0 Å². The van der Waals surface area contributed by atoms with Gasteiger partial charge in [0.15, 0.2) is 0 Å². The van der Waals surface area contributed by atoms with Gasteiger partial charge in [-0.15, -0.1) is 0 Å². The highest BCUT2D eigenvalue weighted by molar-refractivity contribution is 5.38. The van der Waals surface area contributed by atoms with Gasteiger partial charge in [-0.2, -0.15) is 0 Å². The minimum atomic E-state index is 0.359. The first kappa shape index (κ1) is 7.69. The minimum absolute atomic E-state index is 0.359. The molecule has 0 aliphatic rings. The van der Waals surface area contributed by atoms with Gasteiger partial charge in [-0.25, -0.2) is 0 Å². The molecule has 0 spiro atoms. The summed E-state index contributed by atoms with van der Waals surface area (Å²) >= 11 is 0. The van der Waals surface area contributed by atoms with Crippen molar-refractivity contribution in [1.29, 1.82) is 0 Å². The Balaban J connectivity index is 3.33. The highest BCUT2D eigenvalue weighted by Crippen LogP contribution is 1.77. The number of allylic oxidation sites excluding steroid dienone is 4. The van der Waals surface area contributed by atoms with Crippen LogP contribution < -0.4 is 0 Å². The number of rotatable bonds is 4. The van der Waals surface area contributed by atoms with E-state index in [9.17, 15) is 4.79 Å². The van der Waals surface area contributed by atoms with Crippen molar-refractivity contribution in [2.45, 2.75) is 0 Å². The lowest BCUT2D eigenvalue weighted by Gasteiger charge is -1.77. The molecule has 0 aromatic heterocycles. The van der Waals surface area contributed by atoms with Gasteiger partial charge in [0.2, 0.25) is 0 Å². The van der Waals surface area contributed by atoms with Crippen molar-refractivity contribution < 1.29 is 9.53 Å². The second-order valence-corrected chi connectivity index (χ2v) is 1.18. The quantitative estimate of drug-likeness (QED) is 0.322. The predicted octanol–water partition coefficient (Wildman–Crippen LogP) is 1.42. The molecule has 0 bridgehead atoms. The van der Waals surface area contributed by atoms with Crippen LogP contribution in [0.4, 0.5) is 0 Å². The molecule has 0 amide bonds. The van der Waals surface area contributed by atoms with Crippen molar-refractivity contribution in [1.82, 2.24) is 0 Å². The van der Waals surface area contributed by atoms with E-state index >= 15 is 0 Å². The molecule has 0 fully saturated rings. The zero-order chi connectivity index (χ0) is 6.95. The molecule has 0 saturated carbocycles. The van der Waals surface area contributed by atoms with E-state index < -0.39 is 0 Å². The van der Waals surface area contributed by atoms with Crippen LogP contribution in [0.1, 0.15) is 0 Å². The van der Waals surface area contributed by atoms with Crippen molar-refractivity contribution in [3.05, 3.63) is 37.1 Å². The third-order valence-electron chi connectivity index (χ3n) is 0.571. The summed E-state index contributed by atoms with van der Waals surface area (Å²) in [6, 6.07) is 0. The number of ether oxygens (including phenoxy) is 1. The van der Waals surface area contributed by atoms with Crippen LogP contribution in [0.5, 0.6) is 0 Å². The standard InChI is InChI=1S/C7H8O2/c1-2-3-4-5-6-9-7-8/h2-7H,1H2. The fourth-order valence-electron chi connectivity index (χ4n) is 0.266. The summed E-state index contributed by atoms with van der Waals surface area (Å²) in [6.45, 7) is 3.81. The van der Waals surface area contributed by atoms with Crippen LogP contribution in [0.3, 0.4) is 0 Å². The molecule has 0 aliphatic heterocycles. The van der Waals surface area contributed by atoms with Crippen LogP contribution in [-0.2, 0) is 9.53 Å². The second-order valence-electron chi connectivity index (χ2n) is 1.18. The summed E-state index contributed by atoms with van der Waals surface area (Å²) in [5.74, 6) is 0. The first-order chi connectivity index (χ1) is 4.41. The number of carbonyl (C=O) groups excluding carboxylic acids is 1. The topological polar surface area (TPSA) is 26.3 Å². The molecule has 2 heteroatoms. The Labute approximate surface area is 54.1 Å². The zero-order valence-electron chi connectivity index (χ0n) is 4.99. The largest absolute Gasteiger partial charge is 0.437 e. The van der Waals surface area contributed by atoms with Crippen LogP contribution in [0.15, 0.2) is 37.1 Å². The monoisotopic (exact) mass is 124 g/mol. The van der Waals surface area contributed by atoms with Gasteiger partial charge in [0.25, 0.3) is 6.47 Å². The average Bonchev–Trinajstić information content (AvgIpc) is 1.89. The molecule has 0 heterocycles. The molecule has 48 valence electrons. The third kappa shape index (κ3) is 6.69. The van der Waals surface area contributed by atoms with Gasteiger partial charge in [0.1, 0.15) is 0 Å². The first-order valence-electron chi connectivity index (χ1n) is 2.45. The van der Waals surface area contributed by atoms with Crippen LogP contribution in [-0.4, -0.2) is 6.47 Å². The molecule has 0 rings (SSSR count). The van der Waals surface area contributed by atoms with E-state index in [2.05, 4.69) is 11.3 Å². The SMILES string of the molecule is C=CC=CC=COC=O. The molecular weight excluding hydrogens is 116 g/mol. The van der Waals surface area contributed by atoms with E-state index in [0.29, 0.717) is 6.47 Å². The smallest absolute Gasteiger partial charge is 0.297 e. The molecule has 2 nitrogen and oxygen atoms in total. The summed E-state index contributed by atoms with van der Waals surface area (Å²) in [4.78, 5) is 9.52. The number of hydrogen-bond donors (Lipinski definition) is 0. The van der Waals surface area contributed by atoms with Crippen LogP contribution in [0, 0.1) is 0 Å². The van der Waals surface area contributed by atoms with Crippen LogP contribution >= 0.6 is 0 Å². The number of carbonyl (C=O) groups is 1. The Hall–Kier alpha value is -1.31. The highest BCUT2D eigenvalue weighted by Gasteiger charge is 1.63. The van der Waals surface area contributed by atoms with Crippen molar-refractivity contribution in [3.63, 3.8) is 0 Å².